The molecular formula is C15H20ClF2N3O2. The molecule has 0 aliphatic carbocycles. The van der Waals surface area contributed by atoms with Crippen LogP contribution in [0.3, 0.4) is 0 Å². The number of likely N-dealkylation sites (tertiary alicyclic amines) is 1. The molecule has 23 heavy (non-hydrogen) atoms. The molecule has 1 fully saturated rings. The van der Waals surface area contributed by atoms with Gasteiger partial charge in [0.15, 0.2) is 5.15 Å². The Morgan fingerprint density at radius 3 is 2.70 bits per heavy atom. The van der Waals surface area contributed by atoms with Crippen LogP contribution in [0.5, 0.6) is 0 Å². The Hall–Kier alpha value is -1.50. The number of carbonyl (C=O) groups excluding carboxylic acids is 1. The summed E-state index contributed by atoms with van der Waals surface area (Å²) >= 11 is 5.66. The Morgan fingerprint density at radius 2 is 2.13 bits per heavy atom. The molecule has 0 radical (unpaired) electrons. The minimum absolute atomic E-state index is 0.203. The van der Waals surface area contributed by atoms with Gasteiger partial charge in [-0.3, -0.25) is 0 Å². The number of nitrogens with zero attached hydrogens (tertiary/aromatic N) is 3. The predicted molar refractivity (Wildman–Crippen MR) is 81.6 cm³/mol. The lowest BCUT2D eigenvalue weighted by molar-refractivity contribution is -0.0865. The first-order valence-corrected chi connectivity index (χ1v) is 7.76. The van der Waals surface area contributed by atoms with Crippen molar-refractivity contribution < 1.29 is 18.3 Å². The number of halogens is 3. The molecule has 0 N–H and O–H groups in total. The van der Waals surface area contributed by atoms with Crippen LogP contribution in [0.2, 0.25) is 5.15 Å². The van der Waals surface area contributed by atoms with Crippen LogP contribution in [-0.2, 0) is 11.2 Å². The number of alkyl halides is 2. The van der Waals surface area contributed by atoms with Gasteiger partial charge in [0, 0.05) is 13.0 Å². The molecule has 1 aromatic heterocycles. The van der Waals surface area contributed by atoms with Gasteiger partial charge in [-0.2, -0.15) is 5.10 Å². The first-order chi connectivity index (χ1) is 10.5. The zero-order chi connectivity index (χ0) is 17.3. The fraction of sp³-hybridized carbons (Fsp3) is 0.667. The number of amides is 1. The van der Waals surface area contributed by atoms with Crippen LogP contribution in [0.15, 0.2) is 12.1 Å². The molecule has 1 aliphatic heterocycles. The van der Waals surface area contributed by atoms with Gasteiger partial charge >= 0.3 is 6.09 Å². The summed E-state index contributed by atoms with van der Waals surface area (Å²) in [6.45, 7) is 4.69. The van der Waals surface area contributed by atoms with Gasteiger partial charge in [0.1, 0.15) is 5.60 Å². The first-order valence-electron chi connectivity index (χ1n) is 7.38. The van der Waals surface area contributed by atoms with E-state index in [1.807, 2.05) is 0 Å². The molecule has 1 saturated heterocycles. The number of hydrogen-bond donors (Lipinski definition) is 0. The second kappa shape index (κ2) is 6.55. The maximum Gasteiger partial charge on any atom is 0.410 e. The lowest BCUT2D eigenvalue weighted by Crippen LogP contribution is -2.51. The van der Waals surface area contributed by atoms with Gasteiger partial charge in [-0.1, -0.05) is 11.6 Å². The molecule has 1 unspecified atom stereocenters. The number of rotatable bonds is 2. The van der Waals surface area contributed by atoms with E-state index < -0.39 is 30.1 Å². The van der Waals surface area contributed by atoms with Crippen molar-refractivity contribution in [1.29, 1.82) is 0 Å². The highest BCUT2D eigenvalue weighted by molar-refractivity contribution is 6.29. The van der Waals surface area contributed by atoms with Crippen molar-refractivity contribution in [2.24, 2.45) is 5.92 Å². The smallest absolute Gasteiger partial charge is 0.410 e. The van der Waals surface area contributed by atoms with Crippen molar-refractivity contribution in [3.05, 3.63) is 23.0 Å². The molecule has 0 saturated carbocycles. The van der Waals surface area contributed by atoms with E-state index in [9.17, 15) is 13.6 Å². The van der Waals surface area contributed by atoms with Gasteiger partial charge in [-0.05, 0) is 45.2 Å². The van der Waals surface area contributed by atoms with E-state index >= 15 is 0 Å². The monoisotopic (exact) mass is 347 g/mol. The summed E-state index contributed by atoms with van der Waals surface area (Å²) < 4.78 is 33.1. The summed E-state index contributed by atoms with van der Waals surface area (Å²) in [4.78, 5) is 13.1. The summed E-state index contributed by atoms with van der Waals surface area (Å²) in [5.41, 5.74) is -0.151. The number of aromatic nitrogens is 2. The van der Waals surface area contributed by atoms with Crippen LogP contribution >= 0.6 is 11.6 Å². The van der Waals surface area contributed by atoms with Crippen LogP contribution < -0.4 is 0 Å². The van der Waals surface area contributed by atoms with Crippen LogP contribution in [0, 0.1) is 5.92 Å². The zero-order valence-corrected chi connectivity index (χ0v) is 14.1. The van der Waals surface area contributed by atoms with Crippen LogP contribution in [0.1, 0.15) is 32.9 Å². The summed E-state index contributed by atoms with van der Waals surface area (Å²) in [5, 5.41) is 7.84. The first kappa shape index (κ1) is 17.8. The molecule has 2 rings (SSSR count). The average molecular weight is 348 g/mol. The number of piperidine rings is 1. The van der Waals surface area contributed by atoms with E-state index in [-0.39, 0.29) is 18.1 Å². The van der Waals surface area contributed by atoms with Gasteiger partial charge < -0.3 is 9.64 Å². The normalized spacial score (nSPS) is 21.1. The Morgan fingerprint density at radius 1 is 1.43 bits per heavy atom. The summed E-state index contributed by atoms with van der Waals surface area (Å²) in [6.07, 6.45) is -0.709. The minimum Gasteiger partial charge on any atom is -0.444 e. The van der Waals surface area contributed by atoms with Gasteiger partial charge in [0.2, 0.25) is 0 Å². The molecule has 128 valence electrons. The van der Waals surface area contributed by atoms with E-state index in [0.717, 1.165) is 4.90 Å². The maximum absolute atomic E-state index is 14.0. The molecule has 1 amide bonds. The third-order valence-electron chi connectivity index (χ3n) is 3.32. The van der Waals surface area contributed by atoms with E-state index in [1.165, 1.54) is 0 Å². The Labute approximate surface area is 139 Å². The summed E-state index contributed by atoms with van der Waals surface area (Å²) in [6, 6.07) is 3.22. The molecule has 5 nitrogen and oxygen atoms in total. The maximum atomic E-state index is 14.0. The molecule has 8 heteroatoms. The number of carbonyl (C=O) groups is 1. The highest BCUT2D eigenvalue weighted by Gasteiger charge is 2.43. The van der Waals surface area contributed by atoms with Gasteiger partial charge in [0.25, 0.3) is 5.92 Å². The van der Waals surface area contributed by atoms with Gasteiger partial charge in [0.05, 0.1) is 12.2 Å². The largest absolute Gasteiger partial charge is 0.444 e. The quantitative estimate of drug-likeness (QED) is 0.820. The Bertz CT molecular complexity index is 561. The van der Waals surface area contributed by atoms with E-state index in [0.29, 0.717) is 12.1 Å². The van der Waals surface area contributed by atoms with Gasteiger partial charge in [-0.25, -0.2) is 13.6 Å². The SMILES string of the molecule is CC(C)(C)OC(=O)N1CC(Cc2ccc(Cl)nn2)CC(F)(F)C1. The third-order valence-corrected chi connectivity index (χ3v) is 3.53. The number of ether oxygens (including phenoxy) is 1. The molecular weight excluding hydrogens is 328 g/mol. The highest BCUT2D eigenvalue weighted by atomic mass is 35.5. The lowest BCUT2D eigenvalue weighted by Gasteiger charge is -2.38. The van der Waals surface area contributed by atoms with E-state index in [2.05, 4.69) is 10.2 Å². The topological polar surface area (TPSA) is 55.3 Å². The van der Waals surface area contributed by atoms with Crippen LogP contribution in [0.25, 0.3) is 0 Å². The number of hydrogen-bond acceptors (Lipinski definition) is 4. The van der Waals surface area contributed by atoms with Crippen molar-refractivity contribution >= 4 is 17.7 Å². The standard InChI is InChI=1S/C15H20ClF2N3O2/c1-14(2,3)23-13(22)21-8-10(7-15(17,18)9-21)6-11-4-5-12(16)20-19-11/h4-5,10H,6-9H2,1-3H3. The van der Waals surface area contributed by atoms with Crippen molar-refractivity contribution in [2.45, 2.75) is 45.1 Å². The molecule has 0 aromatic carbocycles. The van der Waals surface area contributed by atoms with Crippen molar-refractivity contribution in [3.63, 3.8) is 0 Å². The molecule has 1 atom stereocenters. The van der Waals surface area contributed by atoms with E-state index in [4.69, 9.17) is 16.3 Å². The second-order valence-electron chi connectivity index (χ2n) is 6.84. The van der Waals surface area contributed by atoms with Crippen LogP contribution in [-0.4, -0.2) is 45.8 Å². The highest BCUT2D eigenvalue weighted by Crippen LogP contribution is 2.32. The fourth-order valence-corrected chi connectivity index (χ4v) is 2.66. The third kappa shape index (κ3) is 5.57. The Balaban J connectivity index is 2.06. The molecule has 2 heterocycles. The fourth-order valence-electron chi connectivity index (χ4n) is 2.56. The average Bonchev–Trinajstić information content (AvgIpc) is 2.37. The van der Waals surface area contributed by atoms with E-state index in [1.54, 1.807) is 32.9 Å². The minimum atomic E-state index is -2.94. The van der Waals surface area contributed by atoms with Crippen molar-refractivity contribution in [1.82, 2.24) is 15.1 Å². The molecule has 1 aromatic rings. The molecule has 1 aliphatic rings. The van der Waals surface area contributed by atoms with Crippen molar-refractivity contribution in [2.75, 3.05) is 13.1 Å². The van der Waals surface area contributed by atoms with Crippen molar-refractivity contribution in [3.8, 4) is 0 Å². The predicted octanol–water partition coefficient (Wildman–Crippen LogP) is 3.56. The second-order valence-corrected chi connectivity index (χ2v) is 7.23. The zero-order valence-electron chi connectivity index (χ0n) is 13.4. The molecule has 0 spiro atoms. The lowest BCUT2D eigenvalue weighted by atomic mass is 9.91. The molecule has 0 bridgehead atoms. The Kier molecular flexibility index (Phi) is 5.08. The summed E-state index contributed by atoms with van der Waals surface area (Å²) in [7, 11) is 0. The van der Waals surface area contributed by atoms with Gasteiger partial charge in [-0.15, -0.1) is 5.10 Å². The summed E-state index contributed by atoms with van der Waals surface area (Å²) in [5.74, 6) is -3.36. The van der Waals surface area contributed by atoms with Crippen LogP contribution in [0.4, 0.5) is 13.6 Å².